The van der Waals surface area contributed by atoms with Crippen molar-refractivity contribution in [2.45, 2.75) is 0 Å². The zero-order valence-corrected chi connectivity index (χ0v) is 5.40. The van der Waals surface area contributed by atoms with Crippen LogP contribution in [0.3, 0.4) is 0 Å². The van der Waals surface area contributed by atoms with E-state index >= 15 is 0 Å². The van der Waals surface area contributed by atoms with Crippen LogP contribution in [0, 0.1) is 10.8 Å². The summed E-state index contributed by atoms with van der Waals surface area (Å²) < 4.78 is 4.47. The number of nitrogens with one attached hydrogen (secondary N) is 2. The third kappa shape index (κ3) is 32.2. The molecule has 0 radical (unpaired) electrons. The maximum atomic E-state index is 8.35. The van der Waals surface area contributed by atoms with E-state index in [0.717, 1.165) is 12.2 Å². The van der Waals surface area contributed by atoms with Crippen molar-refractivity contribution in [3.8, 4) is 0 Å². The summed E-state index contributed by atoms with van der Waals surface area (Å²) in [4.78, 5) is 20.2. The highest BCUT2D eigenvalue weighted by molar-refractivity contribution is 5.26. The van der Waals surface area contributed by atoms with E-state index in [1.807, 2.05) is 0 Å². The van der Waals surface area contributed by atoms with E-state index in [9.17, 15) is 0 Å². The lowest BCUT2D eigenvalue weighted by molar-refractivity contribution is 0.558. The summed E-state index contributed by atoms with van der Waals surface area (Å²) in [6.45, 7) is 0. The molecule has 0 atom stereocenters. The molecule has 11 heavy (non-hydrogen) atoms. The second-order valence-electron chi connectivity index (χ2n) is 0.880. The first kappa shape index (κ1) is 11.7. The summed E-state index contributed by atoms with van der Waals surface area (Å²) in [6, 6.07) is 0. The maximum Gasteiger partial charge on any atom is 0.231 e. The highest BCUT2D eigenvalue weighted by Gasteiger charge is 1.59. The second kappa shape index (κ2) is 15.7. The van der Waals surface area contributed by atoms with Crippen molar-refractivity contribution in [2.24, 2.45) is 0 Å². The molecule has 0 saturated carbocycles. The molecule has 0 aliphatic carbocycles. The minimum Gasteiger partial charge on any atom is -0.452 e. The molecule has 0 amide bonds. The number of hydrogen-bond acceptors (Lipinski definition) is 6. The molecular formula is C5H5N3O3. The van der Waals surface area contributed by atoms with Gasteiger partial charge in [0, 0.05) is 0 Å². The standard InChI is InChI=1S/C3H3NO.2CHNO/c1-2-5-3-4-1;2*2-1-3/h1-3H;2*2H. The van der Waals surface area contributed by atoms with Gasteiger partial charge in [-0.05, 0) is 0 Å². The molecule has 0 spiro atoms. The molecule has 0 fully saturated rings. The minimum absolute atomic E-state index is 0.750. The van der Waals surface area contributed by atoms with Gasteiger partial charge in [-0.3, -0.25) is 0 Å². The number of carbonyl (C=O) groups excluding carboxylic acids is 2. The third-order valence-corrected chi connectivity index (χ3v) is 0.347. The first-order valence-corrected chi connectivity index (χ1v) is 2.23. The lowest BCUT2D eigenvalue weighted by Gasteiger charge is -1.47. The van der Waals surface area contributed by atoms with Gasteiger partial charge in [0.05, 0.1) is 6.20 Å². The molecule has 0 saturated heterocycles. The fourth-order valence-corrected chi connectivity index (χ4v) is 0.176. The SMILES string of the molecule is N=C=O.N=C=O.c1cocn1. The molecule has 2 N–H and O–H groups in total. The van der Waals surface area contributed by atoms with Crippen molar-refractivity contribution in [3.05, 3.63) is 18.9 Å². The van der Waals surface area contributed by atoms with Crippen molar-refractivity contribution < 1.29 is 14.0 Å². The van der Waals surface area contributed by atoms with Crippen LogP contribution >= 0.6 is 0 Å². The van der Waals surface area contributed by atoms with Gasteiger partial charge in [-0.2, -0.15) is 0 Å². The normalized spacial score (nSPS) is 5.09. The first-order valence-electron chi connectivity index (χ1n) is 2.23. The van der Waals surface area contributed by atoms with Gasteiger partial charge in [-0.1, -0.05) is 0 Å². The lowest BCUT2D eigenvalue weighted by Crippen LogP contribution is -1.38. The highest BCUT2D eigenvalue weighted by atomic mass is 16.3. The number of oxazole rings is 1. The lowest BCUT2D eigenvalue weighted by atomic mass is 11.0. The largest absolute Gasteiger partial charge is 0.452 e. The Bertz CT molecular complexity index is 178. The fraction of sp³-hybridized carbons (Fsp3) is 0. The van der Waals surface area contributed by atoms with Gasteiger partial charge in [0.1, 0.15) is 6.26 Å². The molecule has 0 unspecified atom stereocenters. The Morgan fingerprint density at radius 1 is 1.27 bits per heavy atom. The summed E-state index contributed by atoms with van der Waals surface area (Å²) in [6.07, 6.45) is 5.97. The fourth-order valence-electron chi connectivity index (χ4n) is 0.176. The molecule has 6 heteroatoms. The summed E-state index contributed by atoms with van der Waals surface area (Å²) in [7, 11) is 0. The first-order chi connectivity index (χ1) is 5.33. The Morgan fingerprint density at radius 2 is 1.73 bits per heavy atom. The second-order valence-corrected chi connectivity index (χ2v) is 0.880. The van der Waals surface area contributed by atoms with Crippen molar-refractivity contribution in [1.82, 2.24) is 4.98 Å². The highest BCUT2D eigenvalue weighted by Crippen LogP contribution is 1.72. The predicted octanol–water partition coefficient (Wildman–Crippen LogP) is 0.477. The molecule has 0 aromatic carbocycles. The van der Waals surface area contributed by atoms with E-state index in [0.29, 0.717) is 0 Å². The number of aromatic nitrogens is 1. The molecule has 58 valence electrons. The van der Waals surface area contributed by atoms with Gasteiger partial charge in [0.15, 0.2) is 6.39 Å². The van der Waals surface area contributed by atoms with E-state index in [-0.39, 0.29) is 0 Å². The van der Waals surface area contributed by atoms with Gasteiger partial charge in [-0.25, -0.2) is 25.4 Å². The maximum absolute atomic E-state index is 8.35. The Kier molecular flexibility index (Phi) is 16.7. The van der Waals surface area contributed by atoms with Crippen molar-refractivity contribution >= 4 is 12.2 Å². The molecule has 0 bridgehead atoms. The van der Waals surface area contributed by atoms with E-state index < -0.39 is 0 Å². The van der Waals surface area contributed by atoms with Crippen LogP contribution in [0.5, 0.6) is 0 Å². The summed E-state index contributed by atoms with van der Waals surface area (Å²) in [5.74, 6) is 0. The zero-order chi connectivity index (χ0) is 8.95. The Balaban J connectivity index is 0. The van der Waals surface area contributed by atoms with Gasteiger partial charge < -0.3 is 4.42 Å². The molecule has 1 aromatic rings. The van der Waals surface area contributed by atoms with Crippen LogP contribution in [-0.2, 0) is 9.59 Å². The van der Waals surface area contributed by atoms with Crippen LogP contribution in [0.4, 0.5) is 0 Å². The van der Waals surface area contributed by atoms with Crippen molar-refractivity contribution in [1.29, 1.82) is 10.8 Å². The van der Waals surface area contributed by atoms with Crippen LogP contribution in [0.15, 0.2) is 23.3 Å². The quantitative estimate of drug-likeness (QED) is 0.419. The average molecular weight is 155 g/mol. The third-order valence-electron chi connectivity index (χ3n) is 0.347. The van der Waals surface area contributed by atoms with E-state index in [4.69, 9.17) is 20.4 Å². The Labute approximate surface area is 61.9 Å². The zero-order valence-electron chi connectivity index (χ0n) is 5.40. The van der Waals surface area contributed by atoms with Crippen LogP contribution in [0.2, 0.25) is 0 Å². The summed E-state index contributed by atoms with van der Waals surface area (Å²) in [5, 5.41) is 10.8. The van der Waals surface area contributed by atoms with E-state index in [2.05, 4.69) is 9.40 Å². The topological polar surface area (TPSA) is 108 Å². The smallest absolute Gasteiger partial charge is 0.231 e. The molecule has 0 aliphatic heterocycles. The monoisotopic (exact) mass is 155 g/mol. The molecule has 1 aromatic heterocycles. The van der Waals surface area contributed by atoms with Crippen LogP contribution < -0.4 is 0 Å². The number of hydrogen-bond donors (Lipinski definition) is 2. The van der Waals surface area contributed by atoms with Crippen LogP contribution in [0.1, 0.15) is 0 Å². The minimum atomic E-state index is 0.750. The summed E-state index contributed by atoms with van der Waals surface area (Å²) in [5.41, 5.74) is 0. The molecule has 1 rings (SSSR count). The van der Waals surface area contributed by atoms with E-state index in [1.54, 1.807) is 6.20 Å². The van der Waals surface area contributed by atoms with Crippen molar-refractivity contribution in [2.75, 3.05) is 0 Å². The number of nitrogens with zero attached hydrogens (tertiary/aromatic N) is 1. The summed E-state index contributed by atoms with van der Waals surface area (Å²) >= 11 is 0. The number of isocyanates is 2. The molecular weight excluding hydrogens is 150 g/mol. The van der Waals surface area contributed by atoms with Gasteiger partial charge >= 0.3 is 0 Å². The van der Waals surface area contributed by atoms with Crippen LogP contribution in [-0.4, -0.2) is 17.1 Å². The van der Waals surface area contributed by atoms with Crippen molar-refractivity contribution in [3.63, 3.8) is 0 Å². The molecule has 6 nitrogen and oxygen atoms in total. The van der Waals surface area contributed by atoms with Crippen LogP contribution in [0.25, 0.3) is 0 Å². The number of rotatable bonds is 0. The molecule has 0 aliphatic rings. The van der Waals surface area contributed by atoms with E-state index in [1.165, 1.54) is 12.7 Å². The van der Waals surface area contributed by atoms with Gasteiger partial charge in [-0.15, -0.1) is 0 Å². The van der Waals surface area contributed by atoms with Gasteiger partial charge in [0.2, 0.25) is 12.2 Å². The average Bonchev–Trinajstić information content (AvgIpc) is 2.44. The Hall–Kier alpha value is -2.03. The molecule has 1 heterocycles. The predicted molar refractivity (Wildman–Crippen MR) is 33.3 cm³/mol. The van der Waals surface area contributed by atoms with Gasteiger partial charge in [0.25, 0.3) is 0 Å². The Morgan fingerprint density at radius 3 is 1.82 bits per heavy atom.